The van der Waals surface area contributed by atoms with Gasteiger partial charge in [0.2, 0.25) is 0 Å². The fourth-order valence-corrected chi connectivity index (χ4v) is 2.54. The molecule has 0 aliphatic carbocycles. The van der Waals surface area contributed by atoms with Crippen LogP contribution in [-0.2, 0) is 0 Å². The van der Waals surface area contributed by atoms with E-state index in [0.717, 1.165) is 11.1 Å². The Labute approximate surface area is 134 Å². The van der Waals surface area contributed by atoms with E-state index in [1.165, 1.54) is 4.90 Å². The van der Waals surface area contributed by atoms with E-state index < -0.39 is 0 Å². The summed E-state index contributed by atoms with van der Waals surface area (Å²) >= 11 is 0. The molecule has 0 fully saturated rings. The Morgan fingerprint density at radius 2 is 1.30 bits per heavy atom. The summed E-state index contributed by atoms with van der Waals surface area (Å²) in [5.74, 6) is 10.8. The molecule has 0 aromatic heterocycles. The molecule has 2 aromatic rings. The van der Waals surface area contributed by atoms with Crippen molar-refractivity contribution in [2.24, 2.45) is 0 Å². The van der Waals surface area contributed by atoms with E-state index in [1.807, 2.05) is 0 Å². The minimum absolute atomic E-state index is 0.310. The molecule has 0 spiro atoms. The predicted octanol–water partition coefficient (Wildman–Crippen LogP) is 3.23. The molecule has 1 aliphatic rings. The zero-order chi connectivity index (χ0) is 16.4. The van der Waals surface area contributed by atoms with Gasteiger partial charge in [-0.15, -0.1) is 11.8 Å². The highest BCUT2D eigenvalue weighted by molar-refractivity contribution is 6.34. The lowest BCUT2D eigenvalue weighted by Crippen LogP contribution is -2.29. The minimum atomic E-state index is -0.320. The van der Waals surface area contributed by atoms with E-state index in [2.05, 4.69) is 23.7 Å². The van der Waals surface area contributed by atoms with E-state index in [4.69, 9.17) is 0 Å². The van der Waals surface area contributed by atoms with Crippen molar-refractivity contribution in [2.45, 2.75) is 13.8 Å². The van der Waals surface area contributed by atoms with Crippen LogP contribution in [0.3, 0.4) is 0 Å². The number of rotatable bonds is 1. The Morgan fingerprint density at radius 3 is 1.96 bits per heavy atom. The fourth-order valence-electron chi connectivity index (χ4n) is 2.54. The van der Waals surface area contributed by atoms with Crippen molar-refractivity contribution < 1.29 is 9.59 Å². The van der Waals surface area contributed by atoms with Crippen molar-refractivity contribution in [1.29, 1.82) is 0 Å². The van der Waals surface area contributed by atoms with Gasteiger partial charge in [-0.3, -0.25) is 9.59 Å². The summed E-state index contributed by atoms with van der Waals surface area (Å²) in [6.07, 6.45) is 0. The number of carbonyl (C=O) groups is 2. The largest absolute Gasteiger partial charge is 0.268 e. The molecule has 0 unspecified atom stereocenters. The molecule has 0 radical (unpaired) electrons. The summed E-state index contributed by atoms with van der Waals surface area (Å²) in [6.45, 7) is 3.49. The Hall–Kier alpha value is -3.30. The summed E-state index contributed by atoms with van der Waals surface area (Å²) in [5.41, 5.74) is 2.92. The Bertz CT molecular complexity index is 932. The highest BCUT2D eigenvalue weighted by Gasteiger charge is 2.36. The third kappa shape index (κ3) is 2.50. The lowest BCUT2D eigenvalue weighted by atomic mass is 10.1. The van der Waals surface area contributed by atoms with Gasteiger partial charge in [-0.1, -0.05) is 11.8 Å². The predicted molar refractivity (Wildman–Crippen MR) is 89.1 cm³/mol. The maximum atomic E-state index is 12.6. The molecule has 1 heterocycles. The summed E-state index contributed by atoms with van der Waals surface area (Å²) in [7, 11) is 0. The number of amides is 2. The van der Waals surface area contributed by atoms with Crippen LogP contribution in [0.1, 0.15) is 45.7 Å². The van der Waals surface area contributed by atoms with Gasteiger partial charge in [0.15, 0.2) is 0 Å². The van der Waals surface area contributed by atoms with Crippen LogP contribution in [0, 0.1) is 23.7 Å². The van der Waals surface area contributed by atoms with E-state index in [0.29, 0.717) is 16.8 Å². The number of hydrogen-bond acceptors (Lipinski definition) is 2. The summed E-state index contributed by atoms with van der Waals surface area (Å²) in [4.78, 5) is 26.3. The minimum Gasteiger partial charge on any atom is -0.268 e. The van der Waals surface area contributed by atoms with E-state index in [9.17, 15) is 9.59 Å². The molecule has 2 amide bonds. The molecule has 0 atom stereocenters. The van der Waals surface area contributed by atoms with Crippen LogP contribution in [0.4, 0.5) is 5.69 Å². The van der Waals surface area contributed by atoms with Gasteiger partial charge in [-0.05, 0) is 56.3 Å². The third-order valence-electron chi connectivity index (χ3n) is 3.55. The van der Waals surface area contributed by atoms with Crippen molar-refractivity contribution in [2.75, 3.05) is 4.90 Å². The summed E-state index contributed by atoms with van der Waals surface area (Å²) in [6, 6.07) is 12.1. The van der Waals surface area contributed by atoms with E-state index in [1.54, 1.807) is 56.3 Å². The molecule has 0 saturated heterocycles. The molecule has 0 saturated carbocycles. The fraction of sp³-hybridized carbons (Fsp3) is 0.100. The second-order valence-corrected chi connectivity index (χ2v) is 5.00. The smallest absolute Gasteiger partial charge is 0.266 e. The molecule has 2 aromatic carbocycles. The second kappa shape index (κ2) is 5.83. The number of carbonyl (C=O) groups excluding carboxylic acids is 2. The first-order valence-corrected chi connectivity index (χ1v) is 7.14. The molecule has 3 rings (SSSR count). The molecule has 110 valence electrons. The lowest BCUT2D eigenvalue weighted by Gasteiger charge is -2.13. The number of benzene rings is 2. The maximum absolute atomic E-state index is 12.6. The van der Waals surface area contributed by atoms with Gasteiger partial charge >= 0.3 is 0 Å². The molecular weight excluding hydrogens is 286 g/mol. The Kier molecular flexibility index (Phi) is 3.71. The third-order valence-corrected chi connectivity index (χ3v) is 3.55. The Balaban J connectivity index is 2.01. The van der Waals surface area contributed by atoms with Crippen molar-refractivity contribution >= 4 is 17.5 Å². The van der Waals surface area contributed by atoms with Gasteiger partial charge in [0.25, 0.3) is 11.8 Å². The number of hydrogen-bond donors (Lipinski definition) is 0. The van der Waals surface area contributed by atoms with Crippen LogP contribution < -0.4 is 4.90 Å². The molecule has 3 heteroatoms. The average molecular weight is 299 g/mol. The SMILES string of the molecule is CC#Cc1ccc(N2C(=O)c3ccc(C#CC)cc3C2=O)cc1. The average Bonchev–Trinajstić information content (AvgIpc) is 2.80. The summed E-state index contributed by atoms with van der Waals surface area (Å²) < 4.78 is 0. The van der Waals surface area contributed by atoms with Crippen molar-refractivity contribution in [3.8, 4) is 23.7 Å². The first kappa shape index (κ1) is 14.6. The van der Waals surface area contributed by atoms with Crippen LogP contribution in [0.5, 0.6) is 0 Å². The molecule has 0 N–H and O–H groups in total. The zero-order valence-electron chi connectivity index (χ0n) is 12.8. The number of fused-ring (bicyclic) bond motifs is 1. The number of imide groups is 1. The highest BCUT2D eigenvalue weighted by atomic mass is 16.2. The molecular formula is C20H13NO2. The van der Waals surface area contributed by atoms with E-state index in [-0.39, 0.29) is 11.8 Å². The van der Waals surface area contributed by atoms with Crippen LogP contribution >= 0.6 is 0 Å². The monoisotopic (exact) mass is 299 g/mol. The lowest BCUT2D eigenvalue weighted by molar-refractivity contribution is 0.0926. The van der Waals surface area contributed by atoms with Gasteiger partial charge in [0, 0.05) is 11.1 Å². The first-order valence-electron chi connectivity index (χ1n) is 7.14. The normalized spacial score (nSPS) is 12.2. The first-order chi connectivity index (χ1) is 11.2. The highest BCUT2D eigenvalue weighted by Crippen LogP contribution is 2.29. The molecule has 1 aliphatic heterocycles. The summed E-state index contributed by atoms with van der Waals surface area (Å²) in [5, 5.41) is 0. The van der Waals surface area contributed by atoms with Crippen molar-refractivity contribution in [1.82, 2.24) is 0 Å². The van der Waals surface area contributed by atoms with Crippen LogP contribution in [-0.4, -0.2) is 11.8 Å². The van der Waals surface area contributed by atoms with Gasteiger partial charge in [0.05, 0.1) is 16.8 Å². The Morgan fingerprint density at radius 1 is 0.739 bits per heavy atom. The molecule has 0 bridgehead atoms. The van der Waals surface area contributed by atoms with Gasteiger partial charge in [0.1, 0.15) is 0 Å². The van der Waals surface area contributed by atoms with E-state index >= 15 is 0 Å². The van der Waals surface area contributed by atoms with Crippen molar-refractivity contribution in [3.63, 3.8) is 0 Å². The quantitative estimate of drug-likeness (QED) is 0.599. The van der Waals surface area contributed by atoms with Crippen molar-refractivity contribution in [3.05, 3.63) is 64.7 Å². The second-order valence-electron chi connectivity index (χ2n) is 5.00. The standard InChI is InChI=1S/C20H13NO2/c1-3-5-14-7-10-16(11-8-14)21-19(22)17-12-9-15(6-4-2)13-18(17)20(21)23/h7-13H,1-2H3. The zero-order valence-corrected chi connectivity index (χ0v) is 12.8. The van der Waals surface area contributed by atoms with Crippen LogP contribution in [0.2, 0.25) is 0 Å². The van der Waals surface area contributed by atoms with Gasteiger partial charge in [-0.25, -0.2) is 4.90 Å². The van der Waals surface area contributed by atoms with Gasteiger partial charge < -0.3 is 0 Å². The van der Waals surface area contributed by atoms with Crippen LogP contribution in [0.25, 0.3) is 0 Å². The number of nitrogens with zero attached hydrogens (tertiary/aromatic N) is 1. The number of anilines is 1. The molecule has 23 heavy (non-hydrogen) atoms. The molecule has 3 nitrogen and oxygen atoms in total. The maximum Gasteiger partial charge on any atom is 0.266 e. The van der Waals surface area contributed by atoms with Gasteiger partial charge in [-0.2, -0.15) is 0 Å². The van der Waals surface area contributed by atoms with Crippen LogP contribution in [0.15, 0.2) is 42.5 Å². The topological polar surface area (TPSA) is 37.4 Å².